The summed E-state index contributed by atoms with van der Waals surface area (Å²) >= 11 is -1.33. The molecule has 0 aliphatic carbocycles. The summed E-state index contributed by atoms with van der Waals surface area (Å²) in [5, 5.41) is 1.17. The molecule has 1 rings (SSSR count). The van der Waals surface area contributed by atoms with Gasteiger partial charge in [0.2, 0.25) is 4.43 Å². The van der Waals surface area contributed by atoms with E-state index in [9.17, 15) is 35.1 Å². The van der Waals surface area contributed by atoms with Gasteiger partial charge in [-0.15, -0.1) is 0 Å². The number of hydrogen-bond acceptors (Lipinski definition) is 3. The molecule has 1 aromatic carbocycles. The summed E-state index contributed by atoms with van der Waals surface area (Å²) < 4.78 is 120. The summed E-state index contributed by atoms with van der Waals surface area (Å²) in [5.74, 6) is -4.57. The highest BCUT2D eigenvalue weighted by molar-refractivity contribution is 7.86. The van der Waals surface area contributed by atoms with E-state index in [-0.39, 0.29) is 0 Å². The summed E-state index contributed by atoms with van der Waals surface area (Å²) in [6.45, 7) is 6.44. The minimum atomic E-state index is -6.09. The van der Waals surface area contributed by atoms with Crippen molar-refractivity contribution in [2.24, 2.45) is 0 Å². The van der Waals surface area contributed by atoms with Crippen molar-refractivity contribution in [3.8, 4) is 0 Å². The summed E-state index contributed by atoms with van der Waals surface area (Å²) in [6.07, 6.45) is -5.44. The summed E-state index contributed by atoms with van der Waals surface area (Å²) in [6, 6.07) is 7.08. The fourth-order valence-corrected chi connectivity index (χ4v) is 4.66. The maximum absolute atomic E-state index is 12.8. The molecule has 0 aromatic heterocycles. The Morgan fingerprint density at radius 3 is 1.56 bits per heavy atom. The highest BCUT2D eigenvalue weighted by Crippen LogP contribution is 2.33. The molecule has 0 amide bonds. The molecule has 0 aliphatic rings. The fourth-order valence-electron chi connectivity index (χ4n) is 1.28. The molecule has 0 atom stereocenters. The molecule has 0 fully saturated rings. The van der Waals surface area contributed by atoms with Crippen LogP contribution in [-0.4, -0.2) is 43.1 Å². The molecule has 0 aliphatic heterocycles. The molecule has 0 radical (unpaired) electrons. The SMILES string of the molecule is C[Si](C)(C)c1ccc([I+]CC(F)(F)C(F)(F)F)cc1.O=S(=O)([O-])C(F)(F)F. The topological polar surface area (TPSA) is 57.2 Å². The fraction of sp³-hybridized carbons (Fsp3) is 0.538. The first-order valence-electron chi connectivity index (χ1n) is 6.85. The quantitative estimate of drug-likeness (QED) is 0.137. The Balaban J connectivity index is 0.000000713. The van der Waals surface area contributed by atoms with Crippen LogP contribution in [0.2, 0.25) is 19.6 Å². The number of alkyl halides is 9. The van der Waals surface area contributed by atoms with E-state index in [2.05, 4.69) is 19.6 Å². The van der Waals surface area contributed by atoms with Crippen molar-refractivity contribution >= 4 is 23.4 Å². The second-order valence-electron chi connectivity index (χ2n) is 6.13. The van der Waals surface area contributed by atoms with Crippen LogP contribution in [0.4, 0.5) is 35.1 Å². The Morgan fingerprint density at radius 1 is 0.926 bits per heavy atom. The van der Waals surface area contributed by atoms with Crippen molar-refractivity contribution < 1.29 is 69.3 Å². The second-order valence-corrected chi connectivity index (χ2v) is 15.3. The lowest BCUT2D eigenvalue weighted by molar-refractivity contribution is -0.651. The van der Waals surface area contributed by atoms with Gasteiger partial charge in [0.15, 0.2) is 13.7 Å². The third-order valence-corrected chi connectivity index (χ3v) is 8.37. The van der Waals surface area contributed by atoms with Gasteiger partial charge in [0.1, 0.15) is 0 Å². The molecule has 3 nitrogen and oxygen atoms in total. The largest absolute Gasteiger partial charge is 0.741 e. The van der Waals surface area contributed by atoms with Crippen molar-refractivity contribution in [3.63, 3.8) is 0 Å². The number of benzene rings is 1. The van der Waals surface area contributed by atoms with Crippen LogP contribution in [0.15, 0.2) is 24.3 Å². The molecule has 0 N–H and O–H groups in total. The maximum atomic E-state index is 12.8. The van der Waals surface area contributed by atoms with Crippen molar-refractivity contribution in [2.45, 2.75) is 37.2 Å². The van der Waals surface area contributed by atoms with Crippen LogP contribution in [0, 0.1) is 3.57 Å². The highest BCUT2D eigenvalue weighted by Gasteiger charge is 2.61. The molecule has 27 heavy (non-hydrogen) atoms. The average Bonchev–Trinajstić information content (AvgIpc) is 2.42. The molecule has 0 heterocycles. The zero-order chi connectivity index (χ0) is 21.9. The molecule has 0 bridgehead atoms. The van der Waals surface area contributed by atoms with Gasteiger partial charge in [0.25, 0.3) is 0 Å². The van der Waals surface area contributed by atoms with Gasteiger partial charge in [-0.05, 0) is 12.1 Å². The van der Waals surface area contributed by atoms with E-state index in [1.807, 2.05) is 12.1 Å². The predicted octanol–water partition coefficient (Wildman–Crippen LogP) is 0.739. The highest BCUT2D eigenvalue weighted by atomic mass is 127. The predicted molar refractivity (Wildman–Crippen MR) is 79.7 cm³/mol. The van der Waals surface area contributed by atoms with Gasteiger partial charge in [-0.2, -0.15) is 35.1 Å². The van der Waals surface area contributed by atoms with E-state index in [0.717, 1.165) is 0 Å². The van der Waals surface area contributed by atoms with Crippen molar-refractivity contribution in [1.29, 1.82) is 0 Å². The van der Waals surface area contributed by atoms with E-state index in [1.54, 1.807) is 12.1 Å². The van der Waals surface area contributed by atoms with E-state index in [4.69, 9.17) is 13.0 Å². The number of rotatable bonds is 4. The number of halogens is 9. The minimum absolute atomic E-state index is 0.615. The summed E-state index contributed by atoms with van der Waals surface area (Å²) in [5.41, 5.74) is -5.65. The summed E-state index contributed by atoms with van der Waals surface area (Å²) in [7, 11) is -7.55. The van der Waals surface area contributed by atoms with Crippen LogP contribution in [-0.2, 0) is 10.1 Å². The van der Waals surface area contributed by atoms with Crippen LogP contribution < -0.4 is 26.4 Å². The monoisotopic (exact) mass is 558 g/mol. The van der Waals surface area contributed by atoms with E-state index >= 15 is 0 Å². The van der Waals surface area contributed by atoms with Crippen LogP contribution in [0.3, 0.4) is 0 Å². The standard InChI is InChI=1S/C12H15F5ISi.CHF3O3S/c1-19(2,3)10-6-4-9(5-7-10)18-8-11(13,14)12(15,16)17;2-1(3,4)8(5,6)7/h4-7H,8H2,1-3H3;(H,5,6,7)/q+1;/p-1. The van der Waals surface area contributed by atoms with Gasteiger partial charge in [-0.25, -0.2) is 8.42 Å². The summed E-state index contributed by atoms with van der Waals surface area (Å²) in [4.78, 5) is 0. The van der Waals surface area contributed by atoms with Gasteiger partial charge in [-0.3, -0.25) is 0 Å². The Bertz CT molecular complexity index is 709. The zero-order valence-corrected chi connectivity index (χ0v) is 18.0. The van der Waals surface area contributed by atoms with Gasteiger partial charge in [0, 0.05) is 0 Å². The minimum Gasteiger partial charge on any atom is -0.741 e. The zero-order valence-electron chi connectivity index (χ0n) is 14.1. The first-order valence-corrected chi connectivity index (χ1v) is 14.4. The molecular weight excluding hydrogens is 543 g/mol. The average molecular weight is 558 g/mol. The smallest absolute Gasteiger partial charge is 0.485 e. The first-order chi connectivity index (χ1) is 11.7. The Morgan fingerprint density at radius 2 is 1.30 bits per heavy atom. The molecule has 0 spiro atoms. The molecule has 1 aromatic rings. The number of hydrogen-bond donors (Lipinski definition) is 0. The van der Waals surface area contributed by atoms with Crippen LogP contribution in [0.5, 0.6) is 0 Å². The molecule has 158 valence electrons. The normalized spacial score (nSPS) is 13.8. The van der Waals surface area contributed by atoms with E-state index in [1.165, 1.54) is 5.19 Å². The van der Waals surface area contributed by atoms with Gasteiger partial charge in [0.05, 0.1) is 8.07 Å². The van der Waals surface area contributed by atoms with E-state index in [0.29, 0.717) is 3.57 Å². The Hall–Kier alpha value is -0.483. The molecule has 14 heteroatoms. The lowest BCUT2D eigenvalue weighted by Gasteiger charge is -2.16. The Labute approximate surface area is 162 Å². The molecular formula is C13H15F8IO3SSi. The molecule has 0 unspecified atom stereocenters. The van der Waals surface area contributed by atoms with Crippen LogP contribution >= 0.6 is 0 Å². The van der Waals surface area contributed by atoms with Crippen molar-refractivity contribution in [3.05, 3.63) is 27.8 Å². The molecule has 0 saturated heterocycles. The van der Waals surface area contributed by atoms with Crippen molar-refractivity contribution in [2.75, 3.05) is 4.43 Å². The lowest BCUT2D eigenvalue weighted by Crippen LogP contribution is -3.63. The molecule has 0 saturated carbocycles. The van der Waals surface area contributed by atoms with E-state index < -0.39 is 61.4 Å². The second kappa shape index (κ2) is 8.90. The van der Waals surface area contributed by atoms with Crippen LogP contribution in [0.1, 0.15) is 0 Å². The van der Waals surface area contributed by atoms with Gasteiger partial charge in [-0.1, -0.05) is 37.0 Å². The maximum Gasteiger partial charge on any atom is 0.485 e. The first kappa shape index (κ1) is 26.5. The Kier molecular flexibility index (Phi) is 8.74. The third-order valence-electron chi connectivity index (χ3n) is 2.80. The van der Waals surface area contributed by atoms with Crippen LogP contribution in [0.25, 0.3) is 0 Å². The third kappa shape index (κ3) is 9.04. The van der Waals surface area contributed by atoms with Gasteiger partial charge >= 0.3 is 38.8 Å². The lowest BCUT2D eigenvalue weighted by atomic mass is 10.4. The van der Waals surface area contributed by atoms with Crippen molar-refractivity contribution in [1.82, 2.24) is 0 Å². The van der Waals surface area contributed by atoms with Gasteiger partial charge < -0.3 is 4.55 Å².